The fourth-order valence-corrected chi connectivity index (χ4v) is 7.75. The van der Waals surface area contributed by atoms with Crippen LogP contribution >= 0.6 is 0 Å². The lowest BCUT2D eigenvalue weighted by atomic mass is 9.67. The van der Waals surface area contributed by atoms with Crippen molar-refractivity contribution in [2.24, 2.45) is 4.99 Å². The molecule has 0 N–H and O–H groups in total. The first-order valence-corrected chi connectivity index (χ1v) is 17.4. The van der Waals surface area contributed by atoms with Gasteiger partial charge in [0.2, 0.25) is 0 Å². The zero-order valence-corrected chi connectivity index (χ0v) is 28.7. The molecule has 0 spiro atoms. The summed E-state index contributed by atoms with van der Waals surface area (Å²) in [6.45, 7) is 5.71. The maximum absolute atomic E-state index is 4.06. The highest BCUT2D eigenvalue weighted by Gasteiger charge is 2.46. The van der Waals surface area contributed by atoms with Gasteiger partial charge >= 0.3 is 0 Å². The van der Waals surface area contributed by atoms with Gasteiger partial charge in [-0.05, 0) is 106 Å². The van der Waals surface area contributed by atoms with Crippen molar-refractivity contribution in [1.82, 2.24) is 0 Å². The Kier molecular flexibility index (Phi) is 8.57. The molecule has 0 radical (unpaired) electrons. The summed E-state index contributed by atoms with van der Waals surface area (Å²) in [5, 5.41) is 0. The fourth-order valence-electron chi connectivity index (χ4n) is 7.75. The summed E-state index contributed by atoms with van der Waals surface area (Å²) < 4.78 is 0. The van der Waals surface area contributed by atoms with E-state index in [2.05, 4.69) is 205 Å². The molecule has 2 heteroatoms. The van der Waals surface area contributed by atoms with E-state index >= 15 is 0 Å². The Hall–Kier alpha value is -6.51. The van der Waals surface area contributed by atoms with Crippen LogP contribution in [0.15, 0.2) is 205 Å². The molecule has 0 bridgehead atoms. The lowest BCUT2D eigenvalue weighted by Gasteiger charge is -2.35. The third-order valence-corrected chi connectivity index (χ3v) is 9.97. The smallest absolute Gasteiger partial charge is 0.0714 e. The molecular formula is C49H38N2. The number of aliphatic imine (C=N–C) groups is 1. The van der Waals surface area contributed by atoms with Crippen molar-refractivity contribution in [3.63, 3.8) is 0 Å². The van der Waals surface area contributed by atoms with Gasteiger partial charge in [-0.1, -0.05) is 158 Å². The molecule has 1 aliphatic carbocycles. The molecule has 1 aliphatic rings. The molecule has 7 aromatic carbocycles. The minimum atomic E-state index is -0.485. The number of benzene rings is 7. The topological polar surface area (TPSA) is 15.6 Å². The highest BCUT2D eigenvalue weighted by molar-refractivity contribution is 5.90. The van der Waals surface area contributed by atoms with Crippen molar-refractivity contribution in [3.8, 4) is 22.3 Å². The van der Waals surface area contributed by atoms with Crippen molar-refractivity contribution in [3.05, 3.63) is 228 Å². The van der Waals surface area contributed by atoms with Gasteiger partial charge in [0.1, 0.15) is 0 Å². The van der Waals surface area contributed by atoms with Gasteiger partial charge in [-0.3, -0.25) is 4.99 Å². The average molecular weight is 655 g/mol. The van der Waals surface area contributed by atoms with Crippen LogP contribution in [0.2, 0.25) is 0 Å². The van der Waals surface area contributed by atoms with E-state index in [4.69, 9.17) is 0 Å². The molecule has 0 aromatic heterocycles. The van der Waals surface area contributed by atoms with Crippen LogP contribution in [0.1, 0.15) is 34.7 Å². The Bertz CT molecular complexity index is 2310. The number of allylic oxidation sites excluding steroid dienone is 3. The van der Waals surface area contributed by atoms with E-state index in [0.29, 0.717) is 0 Å². The summed E-state index contributed by atoms with van der Waals surface area (Å²) in [4.78, 5) is 6.43. The number of hydrogen-bond donors (Lipinski definition) is 0. The number of anilines is 3. The Labute approximate surface area is 301 Å². The predicted octanol–water partition coefficient (Wildman–Crippen LogP) is 12.8. The Morgan fingerprint density at radius 2 is 1.04 bits per heavy atom. The maximum Gasteiger partial charge on any atom is 0.0714 e. The lowest BCUT2D eigenvalue weighted by Crippen LogP contribution is -2.28. The summed E-state index contributed by atoms with van der Waals surface area (Å²) in [6, 6.07) is 66.0. The van der Waals surface area contributed by atoms with Crippen molar-refractivity contribution in [1.29, 1.82) is 0 Å². The Morgan fingerprint density at radius 1 is 0.529 bits per heavy atom. The average Bonchev–Trinajstić information content (AvgIpc) is 3.50. The molecule has 0 fully saturated rings. The Balaban J connectivity index is 1.34. The normalized spacial score (nSPS) is 13.1. The summed E-state index contributed by atoms with van der Waals surface area (Å²) in [7, 11) is 0. The molecule has 0 saturated carbocycles. The largest absolute Gasteiger partial charge is 0.310 e. The summed E-state index contributed by atoms with van der Waals surface area (Å²) in [5.41, 5.74) is 14.9. The van der Waals surface area contributed by atoms with Crippen molar-refractivity contribution in [2.45, 2.75) is 12.3 Å². The fraction of sp³-hybridized carbons (Fsp3) is 0.0408. The van der Waals surface area contributed by atoms with Crippen LogP contribution in [0.4, 0.5) is 17.1 Å². The zero-order valence-electron chi connectivity index (χ0n) is 28.7. The van der Waals surface area contributed by atoms with Crippen molar-refractivity contribution in [2.75, 3.05) is 4.90 Å². The SMILES string of the molecule is C=N/C=C(\C=C/C)c1ccc(N(c2ccc(-c3ccccc3)cc2)c2ccc3c(c2)C(c2ccccc2)(c2ccccc2)c2ccccc2-3)cc1. The second-order valence-electron chi connectivity index (χ2n) is 12.8. The van der Waals surface area contributed by atoms with Crippen molar-refractivity contribution >= 4 is 29.4 Å². The van der Waals surface area contributed by atoms with Gasteiger partial charge in [0, 0.05) is 23.3 Å². The zero-order chi connectivity index (χ0) is 34.6. The van der Waals surface area contributed by atoms with Crippen LogP contribution in [-0.4, -0.2) is 6.72 Å². The monoisotopic (exact) mass is 654 g/mol. The molecule has 0 heterocycles. The van der Waals surface area contributed by atoms with Crippen LogP contribution in [0.25, 0.3) is 27.8 Å². The van der Waals surface area contributed by atoms with Crippen LogP contribution in [-0.2, 0) is 5.41 Å². The van der Waals surface area contributed by atoms with Crippen LogP contribution in [0.3, 0.4) is 0 Å². The Morgan fingerprint density at radius 3 is 1.65 bits per heavy atom. The summed E-state index contributed by atoms with van der Waals surface area (Å²) in [5.74, 6) is 0. The molecule has 0 unspecified atom stereocenters. The van der Waals surface area contributed by atoms with Crippen LogP contribution in [0.5, 0.6) is 0 Å². The number of nitrogens with zero attached hydrogens (tertiary/aromatic N) is 2. The first-order valence-electron chi connectivity index (χ1n) is 17.4. The highest BCUT2D eigenvalue weighted by Crippen LogP contribution is 2.57. The van der Waals surface area contributed by atoms with Gasteiger partial charge in [0.15, 0.2) is 0 Å². The van der Waals surface area contributed by atoms with E-state index in [1.165, 1.54) is 44.5 Å². The number of rotatable bonds is 9. The van der Waals surface area contributed by atoms with E-state index in [1.807, 2.05) is 13.0 Å². The third-order valence-electron chi connectivity index (χ3n) is 9.97. The standard InChI is InChI=1S/C49H38N2/c1-3-15-39(35-50-2)38-26-30-43(31-27-38)51(42-28-24-37(25-29-42)36-16-7-4-8-17-36)44-32-33-46-45-22-13-14-23-47(45)49(48(46)34-44,40-18-9-5-10-19-40)41-20-11-6-12-21-41/h3-35H,2H2,1H3/b15-3-,39-35+. The molecule has 8 rings (SSSR count). The van der Waals surface area contributed by atoms with Crippen molar-refractivity contribution < 1.29 is 0 Å². The molecule has 0 atom stereocenters. The molecule has 7 aromatic rings. The maximum atomic E-state index is 4.06. The van der Waals surface area contributed by atoms with E-state index in [-0.39, 0.29) is 0 Å². The number of fused-ring (bicyclic) bond motifs is 3. The van der Waals surface area contributed by atoms with E-state index < -0.39 is 5.41 Å². The molecule has 244 valence electrons. The quantitative estimate of drug-likeness (QED) is 0.112. The van der Waals surface area contributed by atoms with E-state index in [1.54, 1.807) is 6.20 Å². The highest BCUT2D eigenvalue weighted by atomic mass is 15.1. The first kappa shape index (κ1) is 31.7. The third kappa shape index (κ3) is 5.61. The predicted molar refractivity (Wildman–Crippen MR) is 216 cm³/mol. The second-order valence-corrected chi connectivity index (χ2v) is 12.8. The number of hydrogen-bond acceptors (Lipinski definition) is 2. The van der Waals surface area contributed by atoms with E-state index in [9.17, 15) is 0 Å². The van der Waals surface area contributed by atoms with Gasteiger partial charge < -0.3 is 4.90 Å². The molecule has 51 heavy (non-hydrogen) atoms. The molecule has 0 aliphatic heterocycles. The van der Waals surface area contributed by atoms with Gasteiger partial charge in [-0.2, -0.15) is 0 Å². The minimum absolute atomic E-state index is 0.485. The molecule has 0 saturated heterocycles. The van der Waals surface area contributed by atoms with Gasteiger partial charge in [-0.15, -0.1) is 0 Å². The van der Waals surface area contributed by atoms with Gasteiger partial charge in [0.25, 0.3) is 0 Å². The van der Waals surface area contributed by atoms with Crippen LogP contribution in [0, 0.1) is 0 Å². The van der Waals surface area contributed by atoms with Gasteiger partial charge in [-0.25, -0.2) is 0 Å². The van der Waals surface area contributed by atoms with Gasteiger partial charge in [0.05, 0.1) is 5.41 Å². The molecule has 2 nitrogen and oxygen atoms in total. The summed E-state index contributed by atoms with van der Waals surface area (Å²) in [6.07, 6.45) is 5.90. The lowest BCUT2D eigenvalue weighted by molar-refractivity contribution is 0.768. The van der Waals surface area contributed by atoms with Crippen LogP contribution < -0.4 is 4.90 Å². The molecular weight excluding hydrogens is 617 g/mol. The minimum Gasteiger partial charge on any atom is -0.310 e. The summed E-state index contributed by atoms with van der Waals surface area (Å²) >= 11 is 0. The second kappa shape index (κ2) is 13.8. The first-order chi connectivity index (χ1) is 25.2. The molecule has 0 amide bonds. The van der Waals surface area contributed by atoms with E-state index in [0.717, 1.165) is 28.2 Å².